The van der Waals surface area contributed by atoms with Gasteiger partial charge < -0.3 is 20.3 Å². The predicted octanol–water partition coefficient (Wildman–Crippen LogP) is -0.142. The second-order valence-electron chi connectivity index (χ2n) is 3.87. The molecule has 108 valence electrons. The Bertz CT molecular complexity index is 527. The van der Waals surface area contributed by atoms with E-state index in [9.17, 15) is 9.36 Å². The van der Waals surface area contributed by atoms with Crippen LogP contribution < -0.4 is 11.4 Å². The molecule has 0 bridgehead atoms. The number of hydrogen-bond acceptors (Lipinski definition) is 6. The molecule has 0 fully saturated rings. The van der Waals surface area contributed by atoms with Gasteiger partial charge in [0.25, 0.3) is 0 Å². The molecule has 0 saturated heterocycles. The lowest BCUT2D eigenvalue weighted by atomic mass is 10.4. The number of phosphoric ester groups is 1. The van der Waals surface area contributed by atoms with Gasteiger partial charge in [-0.15, -0.1) is 0 Å². The number of aromatic nitrogens is 2. The van der Waals surface area contributed by atoms with Crippen LogP contribution in [0.4, 0.5) is 5.82 Å². The van der Waals surface area contributed by atoms with Crippen LogP contribution >= 0.6 is 7.82 Å². The number of nitrogen functional groups attached to an aromatic ring is 1. The summed E-state index contributed by atoms with van der Waals surface area (Å²) in [4.78, 5) is 32.1. The van der Waals surface area contributed by atoms with E-state index in [4.69, 9.17) is 20.3 Å². The van der Waals surface area contributed by atoms with Crippen LogP contribution in [0.25, 0.3) is 0 Å². The largest absolute Gasteiger partial charge is 0.469 e. The zero-order chi connectivity index (χ0) is 14.6. The molecule has 19 heavy (non-hydrogen) atoms. The van der Waals surface area contributed by atoms with Gasteiger partial charge in [0.05, 0.1) is 12.7 Å². The first-order valence-corrected chi connectivity index (χ1v) is 6.92. The monoisotopic (exact) mass is 293 g/mol. The van der Waals surface area contributed by atoms with Gasteiger partial charge in [0.15, 0.2) is 0 Å². The van der Waals surface area contributed by atoms with Gasteiger partial charge >= 0.3 is 13.5 Å². The predicted molar refractivity (Wildman–Crippen MR) is 66.2 cm³/mol. The Hall–Kier alpha value is -1.25. The molecule has 0 unspecified atom stereocenters. The van der Waals surface area contributed by atoms with Gasteiger partial charge in [-0.3, -0.25) is 9.09 Å². The molecule has 1 rings (SSSR count). The second-order valence-corrected chi connectivity index (χ2v) is 5.11. The van der Waals surface area contributed by atoms with E-state index in [2.05, 4.69) is 9.51 Å². The first kappa shape index (κ1) is 15.8. The summed E-state index contributed by atoms with van der Waals surface area (Å²) in [6, 6.07) is 1.44. The molecule has 0 amide bonds. The van der Waals surface area contributed by atoms with Crippen LogP contribution in [0.15, 0.2) is 17.1 Å². The van der Waals surface area contributed by atoms with Gasteiger partial charge in [-0.05, 0) is 19.9 Å². The van der Waals surface area contributed by atoms with Gasteiger partial charge in [-0.2, -0.15) is 4.98 Å². The van der Waals surface area contributed by atoms with Crippen LogP contribution in [-0.2, 0) is 13.8 Å². The molecule has 0 saturated carbocycles. The highest BCUT2D eigenvalue weighted by Gasteiger charge is 2.18. The number of rotatable bonds is 6. The van der Waals surface area contributed by atoms with E-state index in [0.717, 1.165) is 0 Å². The number of hydrogen-bond donors (Lipinski definition) is 3. The maximum absolute atomic E-state index is 11.5. The minimum absolute atomic E-state index is 0.103. The Labute approximate surface area is 109 Å². The summed E-state index contributed by atoms with van der Waals surface area (Å²) < 4.78 is 21.4. The standard InChI is InChI=1S/C9H16N3O6P/c1-6(5-17-19(14,15)16)18-7(2)12-4-3-8(10)11-9(12)13/h3-4,6-7H,5H2,1-2H3,(H2,10,11,13)(H2,14,15,16)/t6-,7+/m0/s1. The molecule has 0 radical (unpaired) electrons. The average molecular weight is 293 g/mol. The summed E-state index contributed by atoms with van der Waals surface area (Å²) in [6.07, 6.45) is 0.134. The third kappa shape index (κ3) is 5.50. The number of phosphoric acid groups is 1. The molecular weight excluding hydrogens is 277 g/mol. The highest BCUT2D eigenvalue weighted by Crippen LogP contribution is 2.35. The third-order valence-corrected chi connectivity index (χ3v) is 2.64. The van der Waals surface area contributed by atoms with Crippen molar-refractivity contribution in [3.63, 3.8) is 0 Å². The van der Waals surface area contributed by atoms with E-state index in [1.54, 1.807) is 13.8 Å². The Balaban J connectivity index is 2.61. The van der Waals surface area contributed by atoms with Gasteiger partial charge in [-0.25, -0.2) is 9.36 Å². The highest BCUT2D eigenvalue weighted by molar-refractivity contribution is 7.46. The third-order valence-electron chi connectivity index (χ3n) is 2.15. The number of anilines is 1. The van der Waals surface area contributed by atoms with E-state index >= 15 is 0 Å². The van der Waals surface area contributed by atoms with E-state index in [1.165, 1.54) is 16.8 Å². The lowest BCUT2D eigenvalue weighted by Gasteiger charge is -2.20. The molecule has 2 atom stereocenters. The fraction of sp³-hybridized carbons (Fsp3) is 0.556. The summed E-state index contributed by atoms with van der Waals surface area (Å²) in [5, 5.41) is 0. The van der Waals surface area contributed by atoms with Crippen LogP contribution in [0, 0.1) is 0 Å². The van der Waals surface area contributed by atoms with Crippen molar-refractivity contribution in [2.75, 3.05) is 12.3 Å². The molecule has 10 heteroatoms. The molecule has 1 aromatic heterocycles. The molecule has 0 aliphatic heterocycles. The van der Waals surface area contributed by atoms with Crippen LogP contribution in [0.3, 0.4) is 0 Å². The Kier molecular flexibility index (Phi) is 5.21. The molecule has 0 aliphatic carbocycles. The minimum Gasteiger partial charge on any atom is -0.383 e. The Morgan fingerprint density at radius 2 is 2.16 bits per heavy atom. The van der Waals surface area contributed by atoms with Crippen LogP contribution in [0.5, 0.6) is 0 Å². The van der Waals surface area contributed by atoms with Crippen LogP contribution in [-0.4, -0.2) is 32.0 Å². The maximum Gasteiger partial charge on any atom is 0.469 e. The fourth-order valence-corrected chi connectivity index (χ4v) is 1.75. The van der Waals surface area contributed by atoms with E-state index in [-0.39, 0.29) is 12.4 Å². The van der Waals surface area contributed by atoms with Crippen LogP contribution in [0.1, 0.15) is 20.1 Å². The van der Waals surface area contributed by atoms with Crippen molar-refractivity contribution >= 4 is 13.6 Å². The van der Waals surface area contributed by atoms with Crippen molar-refractivity contribution in [3.05, 3.63) is 22.7 Å². The molecule has 1 heterocycles. The van der Waals surface area contributed by atoms with Gasteiger partial charge in [0.2, 0.25) is 0 Å². The number of ether oxygens (including phenoxy) is 1. The van der Waals surface area contributed by atoms with Crippen molar-refractivity contribution in [1.82, 2.24) is 9.55 Å². The highest BCUT2D eigenvalue weighted by atomic mass is 31.2. The molecule has 0 spiro atoms. The normalized spacial score (nSPS) is 15.2. The Morgan fingerprint density at radius 1 is 1.53 bits per heavy atom. The molecule has 9 nitrogen and oxygen atoms in total. The van der Waals surface area contributed by atoms with Gasteiger partial charge in [0, 0.05) is 6.20 Å². The smallest absolute Gasteiger partial charge is 0.383 e. The average Bonchev–Trinajstić information content (AvgIpc) is 2.25. The number of nitrogens with two attached hydrogens (primary N) is 1. The Morgan fingerprint density at radius 3 is 2.68 bits per heavy atom. The summed E-state index contributed by atoms with van der Waals surface area (Å²) in [5.74, 6) is 0.103. The summed E-state index contributed by atoms with van der Waals surface area (Å²) in [7, 11) is -4.53. The summed E-state index contributed by atoms with van der Waals surface area (Å²) in [6.45, 7) is 2.85. The van der Waals surface area contributed by atoms with E-state index < -0.39 is 25.8 Å². The van der Waals surface area contributed by atoms with Crippen molar-refractivity contribution in [3.8, 4) is 0 Å². The van der Waals surface area contributed by atoms with E-state index in [0.29, 0.717) is 0 Å². The van der Waals surface area contributed by atoms with Crippen molar-refractivity contribution in [1.29, 1.82) is 0 Å². The summed E-state index contributed by atoms with van der Waals surface area (Å²) in [5.41, 5.74) is 4.78. The first-order chi connectivity index (χ1) is 8.69. The minimum atomic E-state index is -4.53. The van der Waals surface area contributed by atoms with Crippen molar-refractivity contribution in [2.24, 2.45) is 0 Å². The number of nitrogens with zero attached hydrogens (tertiary/aromatic N) is 2. The molecule has 0 aliphatic rings. The van der Waals surface area contributed by atoms with Crippen molar-refractivity contribution < 1.29 is 23.6 Å². The van der Waals surface area contributed by atoms with Crippen LogP contribution in [0.2, 0.25) is 0 Å². The quantitative estimate of drug-likeness (QED) is 0.616. The fourth-order valence-electron chi connectivity index (χ4n) is 1.35. The topological polar surface area (TPSA) is 137 Å². The lowest BCUT2D eigenvalue weighted by molar-refractivity contribution is -0.0571. The van der Waals surface area contributed by atoms with Crippen molar-refractivity contribution in [2.45, 2.75) is 26.2 Å². The van der Waals surface area contributed by atoms with Gasteiger partial charge in [0.1, 0.15) is 12.0 Å². The zero-order valence-corrected chi connectivity index (χ0v) is 11.4. The molecule has 4 N–H and O–H groups in total. The van der Waals surface area contributed by atoms with E-state index in [1.807, 2.05) is 0 Å². The second kappa shape index (κ2) is 6.27. The molecular formula is C9H16N3O6P. The first-order valence-electron chi connectivity index (χ1n) is 5.39. The van der Waals surface area contributed by atoms with Gasteiger partial charge in [-0.1, -0.05) is 0 Å². The maximum atomic E-state index is 11.5. The molecule has 0 aromatic carbocycles. The lowest BCUT2D eigenvalue weighted by Crippen LogP contribution is -2.30. The zero-order valence-electron chi connectivity index (χ0n) is 10.5. The summed E-state index contributed by atoms with van der Waals surface area (Å²) >= 11 is 0. The molecule has 1 aromatic rings. The SMILES string of the molecule is C[C@@H](COP(=O)(O)O)O[C@H](C)n1ccc(N)nc1=O.